The summed E-state index contributed by atoms with van der Waals surface area (Å²) in [6.45, 7) is 0.0132. The van der Waals surface area contributed by atoms with Crippen molar-refractivity contribution >= 4 is 16.2 Å². The highest BCUT2D eigenvalue weighted by molar-refractivity contribution is 7.94. The molecule has 0 saturated carbocycles. The van der Waals surface area contributed by atoms with Gasteiger partial charge in [0.05, 0.1) is 6.21 Å². The van der Waals surface area contributed by atoms with Crippen molar-refractivity contribution in [1.82, 2.24) is 0 Å². The molecule has 1 aliphatic rings. The summed E-state index contributed by atoms with van der Waals surface area (Å²) in [7, 11) is -3.68. The number of sulfonamides is 1. The monoisotopic (exact) mass is 254 g/mol. The van der Waals surface area contributed by atoms with Crippen LogP contribution in [0.15, 0.2) is 39.3 Å². The Morgan fingerprint density at radius 1 is 1.29 bits per heavy atom. The Kier molecular flexibility index (Phi) is 2.76. The Bertz CT molecular complexity index is 587. The molecule has 3 N–H and O–H groups in total. The zero-order chi connectivity index (χ0) is 12.5. The van der Waals surface area contributed by atoms with Crippen LogP contribution in [0.3, 0.4) is 0 Å². The number of hydrogen-bond acceptors (Lipinski definition) is 5. The van der Waals surface area contributed by atoms with E-state index in [1.807, 2.05) is 0 Å². The maximum Gasteiger partial charge on any atom is 0.297 e. The van der Waals surface area contributed by atoms with E-state index in [0.29, 0.717) is 11.3 Å². The van der Waals surface area contributed by atoms with Gasteiger partial charge in [-0.3, -0.25) is 0 Å². The fourth-order valence-corrected chi connectivity index (χ4v) is 2.05. The van der Waals surface area contributed by atoms with Crippen molar-refractivity contribution in [1.29, 1.82) is 0 Å². The van der Waals surface area contributed by atoms with Crippen molar-refractivity contribution in [3.05, 3.63) is 34.9 Å². The van der Waals surface area contributed by atoms with Gasteiger partial charge in [0, 0.05) is 5.57 Å². The molecule has 0 unspecified atom stereocenters. The van der Waals surface area contributed by atoms with Gasteiger partial charge in [0.15, 0.2) is 5.03 Å². The molecule has 0 atom stereocenters. The number of rotatable bonds is 3. The van der Waals surface area contributed by atoms with Crippen LogP contribution in [0.25, 0.3) is 0 Å². The third-order valence-corrected chi connectivity index (χ3v) is 3.37. The standard InChI is InChI=1S/C10H10N2O4S/c11-10-7(5-12-17(10,14)15)6-16-9-3-1-8(13)2-4-9/h1-5,13H,6,11H2. The number of hydrogen-bond donors (Lipinski definition) is 2. The van der Waals surface area contributed by atoms with Crippen LogP contribution in [0.1, 0.15) is 0 Å². The number of ether oxygens (including phenoxy) is 1. The lowest BCUT2D eigenvalue weighted by Gasteiger charge is -2.05. The first-order valence-corrected chi connectivity index (χ1v) is 6.14. The van der Waals surface area contributed by atoms with Crippen LogP contribution in [-0.4, -0.2) is 26.3 Å². The van der Waals surface area contributed by atoms with Gasteiger partial charge in [-0.25, -0.2) is 0 Å². The molecule has 2 rings (SSSR count). The molecule has 7 heteroatoms. The number of nitrogens with two attached hydrogens (primary N) is 1. The number of phenols is 1. The van der Waals surface area contributed by atoms with E-state index in [1.165, 1.54) is 18.3 Å². The lowest BCUT2D eigenvalue weighted by atomic mass is 10.3. The lowest BCUT2D eigenvalue weighted by molar-refractivity contribution is 0.356. The van der Waals surface area contributed by atoms with Crippen molar-refractivity contribution in [2.45, 2.75) is 0 Å². The minimum atomic E-state index is -3.68. The van der Waals surface area contributed by atoms with Gasteiger partial charge in [-0.1, -0.05) is 0 Å². The molecule has 0 aromatic heterocycles. The fourth-order valence-electron chi connectivity index (χ4n) is 1.23. The van der Waals surface area contributed by atoms with Gasteiger partial charge < -0.3 is 15.6 Å². The van der Waals surface area contributed by atoms with Gasteiger partial charge in [-0.05, 0) is 24.3 Å². The first-order valence-electron chi connectivity index (χ1n) is 4.70. The minimum Gasteiger partial charge on any atom is -0.508 e. The zero-order valence-corrected chi connectivity index (χ0v) is 9.52. The molecule has 6 nitrogen and oxygen atoms in total. The van der Waals surface area contributed by atoms with Crippen LogP contribution < -0.4 is 10.5 Å². The zero-order valence-electron chi connectivity index (χ0n) is 8.70. The summed E-state index contributed by atoms with van der Waals surface area (Å²) < 4.78 is 30.9. The van der Waals surface area contributed by atoms with E-state index in [2.05, 4.69) is 4.40 Å². The van der Waals surface area contributed by atoms with Crippen LogP contribution in [0.2, 0.25) is 0 Å². The van der Waals surface area contributed by atoms with Crippen molar-refractivity contribution < 1.29 is 18.3 Å². The van der Waals surface area contributed by atoms with E-state index in [-0.39, 0.29) is 17.4 Å². The Morgan fingerprint density at radius 2 is 1.94 bits per heavy atom. The summed E-state index contributed by atoms with van der Waals surface area (Å²) in [6.07, 6.45) is 1.17. The number of phenolic OH excluding ortho intramolecular Hbond substituents is 1. The lowest BCUT2D eigenvalue weighted by Crippen LogP contribution is -2.11. The second-order valence-corrected chi connectivity index (χ2v) is 4.98. The molecular formula is C10H10N2O4S. The molecule has 90 valence electrons. The fraction of sp³-hybridized carbons (Fsp3) is 0.100. The van der Waals surface area contributed by atoms with Crippen molar-refractivity contribution in [3.8, 4) is 11.5 Å². The summed E-state index contributed by atoms with van der Waals surface area (Å²) in [5.41, 5.74) is 5.71. The molecule has 1 aromatic rings. The molecule has 0 radical (unpaired) electrons. The highest BCUT2D eigenvalue weighted by Gasteiger charge is 2.22. The summed E-state index contributed by atoms with van der Waals surface area (Å²) in [5.74, 6) is 0.627. The molecule has 0 saturated heterocycles. The average Bonchev–Trinajstić information content (AvgIpc) is 2.55. The Morgan fingerprint density at radius 3 is 2.47 bits per heavy atom. The van der Waals surface area contributed by atoms with E-state index >= 15 is 0 Å². The van der Waals surface area contributed by atoms with E-state index in [4.69, 9.17) is 15.6 Å². The maximum atomic E-state index is 11.2. The van der Waals surface area contributed by atoms with E-state index in [1.54, 1.807) is 12.1 Å². The predicted octanol–water partition coefficient (Wildman–Crippen LogP) is 0.356. The number of aromatic hydroxyl groups is 1. The highest BCUT2D eigenvalue weighted by atomic mass is 32.2. The summed E-state index contributed by atoms with van der Waals surface area (Å²) >= 11 is 0. The molecule has 0 spiro atoms. The Balaban J connectivity index is 2.08. The van der Waals surface area contributed by atoms with Crippen molar-refractivity contribution in [2.24, 2.45) is 10.1 Å². The largest absolute Gasteiger partial charge is 0.508 e. The average molecular weight is 254 g/mol. The van der Waals surface area contributed by atoms with Crippen LogP contribution in [0.5, 0.6) is 11.5 Å². The third-order valence-electron chi connectivity index (χ3n) is 2.17. The second-order valence-electron chi connectivity index (χ2n) is 3.38. The van der Waals surface area contributed by atoms with E-state index in [9.17, 15) is 8.42 Å². The molecular weight excluding hydrogens is 244 g/mol. The first-order chi connectivity index (χ1) is 7.99. The molecule has 1 aliphatic heterocycles. The van der Waals surface area contributed by atoms with Gasteiger partial charge in [0.1, 0.15) is 18.1 Å². The van der Waals surface area contributed by atoms with Crippen LogP contribution in [0.4, 0.5) is 0 Å². The third kappa shape index (κ3) is 2.39. The van der Waals surface area contributed by atoms with Gasteiger partial charge in [-0.2, -0.15) is 12.8 Å². The quantitative estimate of drug-likeness (QED) is 0.810. The van der Waals surface area contributed by atoms with Crippen LogP contribution >= 0.6 is 0 Å². The molecule has 0 amide bonds. The molecule has 0 fully saturated rings. The van der Waals surface area contributed by atoms with Gasteiger partial charge in [0.25, 0.3) is 10.0 Å². The molecule has 0 aliphatic carbocycles. The molecule has 0 bridgehead atoms. The molecule has 17 heavy (non-hydrogen) atoms. The minimum absolute atomic E-state index is 0.0132. The predicted molar refractivity (Wildman–Crippen MR) is 62.2 cm³/mol. The summed E-state index contributed by atoms with van der Waals surface area (Å²) in [4.78, 5) is 0. The molecule has 1 heterocycles. The SMILES string of the molecule is NC1=C(COc2ccc(O)cc2)C=NS1(=O)=O. The smallest absolute Gasteiger partial charge is 0.297 e. The number of benzene rings is 1. The van der Waals surface area contributed by atoms with E-state index in [0.717, 1.165) is 0 Å². The normalized spacial score (nSPS) is 17.4. The van der Waals surface area contributed by atoms with E-state index < -0.39 is 10.0 Å². The second kappa shape index (κ2) is 4.10. The Labute approximate surface area is 98.1 Å². The highest BCUT2D eigenvalue weighted by Crippen LogP contribution is 2.19. The van der Waals surface area contributed by atoms with Gasteiger partial charge in [0.2, 0.25) is 0 Å². The van der Waals surface area contributed by atoms with Crippen molar-refractivity contribution in [3.63, 3.8) is 0 Å². The summed E-state index contributed by atoms with van der Waals surface area (Å²) in [5, 5.41) is 8.78. The van der Waals surface area contributed by atoms with Crippen molar-refractivity contribution in [2.75, 3.05) is 6.61 Å². The first kappa shape index (κ1) is 11.5. The number of nitrogens with zero attached hydrogens (tertiary/aromatic N) is 1. The topological polar surface area (TPSA) is 102 Å². The van der Waals surface area contributed by atoms with Gasteiger partial charge >= 0.3 is 0 Å². The van der Waals surface area contributed by atoms with Crippen LogP contribution in [0, 0.1) is 0 Å². The molecule has 1 aromatic carbocycles. The Hall–Kier alpha value is -2.02. The summed E-state index contributed by atoms with van der Waals surface area (Å²) in [6, 6.07) is 6.05. The van der Waals surface area contributed by atoms with Crippen LogP contribution in [-0.2, 0) is 10.0 Å². The maximum absolute atomic E-state index is 11.2. The van der Waals surface area contributed by atoms with Gasteiger partial charge in [-0.15, -0.1) is 0 Å².